The summed E-state index contributed by atoms with van der Waals surface area (Å²) in [5.41, 5.74) is 0.820. The van der Waals surface area contributed by atoms with Gasteiger partial charge in [-0.1, -0.05) is 24.2 Å². The first-order valence-electron chi connectivity index (χ1n) is 7.84. The summed E-state index contributed by atoms with van der Waals surface area (Å²) in [6, 6.07) is 1.66. The number of aryl methyl sites for hydroxylation is 1. The van der Waals surface area contributed by atoms with Crippen LogP contribution in [-0.4, -0.2) is 32.8 Å². The van der Waals surface area contributed by atoms with Crippen molar-refractivity contribution in [3.8, 4) is 0 Å². The van der Waals surface area contributed by atoms with Crippen LogP contribution in [0.2, 0.25) is 0 Å². The minimum absolute atomic E-state index is 0.0623. The van der Waals surface area contributed by atoms with Crippen molar-refractivity contribution in [1.29, 1.82) is 0 Å². The summed E-state index contributed by atoms with van der Waals surface area (Å²) < 4.78 is 10.4. The molecule has 2 amide bonds. The van der Waals surface area contributed by atoms with Gasteiger partial charge in [-0.15, -0.1) is 0 Å². The predicted molar refractivity (Wildman–Crippen MR) is 80.5 cm³/mol. The predicted octanol–water partition coefficient (Wildman–Crippen LogP) is 2.54. The third-order valence-corrected chi connectivity index (χ3v) is 3.86. The largest absolute Gasteiger partial charge is 0.359 e. The van der Waals surface area contributed by atoms with Crippen molar-refractivity contribution in [1.82, 2.24) is 25.5 Å². The highest BCUT2D eigenvalue weighted by atomic mass is 16.5. The Kier molecular flexibility index (Phi) is 4.31. The standard InChI is InChI=1S/C15H21N5O3/c1-9(2)14-17-13(19-23-14)8-16-15(21)20-6-4-5-11(20)12-7-10(3)18-22-12/h7,9,11H,4-6,8H2,1-3H3,(H,16,21)/t11-/m0/s1. The molecule has 124 valence electrons. The van der Waals surface area contributed by atoms with Gasteiger partial charge in [-0.05, 0) is 19.8 Å². The van der Waals surface area contributed by atoms with Crippen LogP contribution in [0.1, 0.15) is 61.8 Å². The van der Waals surface area contributed by atoms with Crippen LogP contribution < -0.4 is 5.32 Å². The lowest BCUT2D eigenvalue weighted by Crippen LogP contribution is -2.39. The Morgan fingerprint density at radius 3 is 2.91 bits per heavy atom. The summed E-state index contributed by atoms with van der Waals surface area (Å²) in [5.74, 6) is 1.96. The Hall–Kier alpha value is -2.38. The number of carbonyl (C=O) groups is 1. The second-order valence-electron chi connectivity index (χ2n) is 6.08. The maximum Gasteiger partial charge on any atom is 0.318 e. The number of rotatable bonds is 4. The van der Waals surface area contributed by atoms with Crippen LogP contribution in [-0.2, 0) is 6.54 Å². The number of amides is 2. The molecule has 23 heavy (non-hydrogen) atoms. The van der Waals surface area contributed by atoms with Crippen molar-refractivity contribution in [2.75, 3.05) is 6.54 Å². The molecule has 0 saturated carbocycles. The van der Waals surface area contributed by atoms with Gasteiger partial charge in [0.25, 0.3) is 0 Å². The van der Waals surface area contributed by atoms with Gasteiger partial charge in [-0.2, -0.15) is 4.98 Å². The fourth-order valence-electron chi connectivity index (χ4n) is 2.68. The van der Waals surface area contributed by atoms with Crippen LogP contribution in [0.5, 0.6) is 0 Å². The van der Waals surface area contributed by atoms with E-state index in [9.17, 15) is 4.79 Å². The molecule has 0 aromatic carbocycles. The minimum atomic E-state index is -0.155. The SMILES string of the molecule is Cc1cc([C@@H]2CCCN2C(=O)NCc2noc(C(C)C)n2)on1. The number of aromatic nitrogens is 3. The van der Waals surface area contributed by atoms with Crippen LogP contribution in [0.4, 0.5) is 4.79 Å². The van der Waals surface area contributed by atoms with Gasteiger partial charge in [-0.3, -0.25) is 0 Å². The number of nitrogens with one attached hydrogen (secondary N) is 1. The topological polar surface area (TPSA) is 97.3 Å². The van der Waals surface area contributed by atoms with Gasteiger partial charge < -0.3 is 19.3 Å². The highest BCUT2D eigenvalue weighted by molar-refractivity contribution is 5.74. The zero-order valence-corrected chi connectivity index (χ0v) is 13.6. The molecule has 0 spiro atoms. The van der Waals surface area contributed by atoms with Gasteiger partial charge in [0.1, 0.15) is 0 Å². The van der Waals surface area contributed by atoms with Crippen molar-refractivity contribution >= 4 is 6.03 Å². The highest BCUT2D eigenvalue weighted by Gasteiger charge is 2.32. The minimum Gasteiger partial charge on any atom is -0.359 e. The van der Waals surface area contributed by atoms with E-state index in [2.05, 4.69) is 20.6 Å². The second-order valence-corrected chi connectivity index (χ2v) is 6.08. The normalized spacial score (nSPS) is 17.9. The summed E-state index contributed by atoms with van der Waals surface area (Å²) in [6.45, 7) is 6.76. The molecule has 1 atom stereocenters. The molecule has 0 bridgehead atoms. The number of urea groups is 1. The number of hydrogen-bond acceptors (Lipinski definition) is 6. The van der Waals surface area contributed by atoms with Gasteiger partial charge in [0.15, 0.2) is 11.6 Å². The third-order valence-electron chi connectivity index (χ3n) is 3.86. The fourth-order valence-corrected chi connectivity index (χ4v) is 2.68. The second kappa shape index (κ2) is 6.39. The number of hydrogen-bond donors (Lipinski definition) is 1. The molecular formula is C15H21N5O3. The van der Waals surface area contributed by atoms with E-state index in [1.807, 2.05) is 26.8 Å². The van der Waals surface area contributed by atoms with Gasteiger partial charge in [-0.25, -0.2) is 4.79 Å². The first kappa shape index (κ1) is 15.5. The summed E-state index contributed by atoms with van der Waals surface area (Å²) in [4.78, 5) is 18.4. The van der Waals surface area contributed by atoms with Crippen molar-refractivity contribution in [2.45, 2.75) is 52.1 Å². The molecule has 0 unspecified atom stereocenters. The number of nitrogens with zero attached hydrogens (tertiary/aromatic N) is 4. The van der Waals surface area contributed by atoms with Crippen LogP contribution >= 0.6 is 0 Å². The van der Waals surface area contributed by atoms with Crippen LogP contribution in [0.3, 0.4) is 0 Å². The molecule has 0 aliphatic carbocycles. The summed E-state index contributed by atoms with van der Waals surface area (Å²) in [6.07, 6.45) is 1.82. The Morgan fingerprint density at radius 1 is 1.43 bits per heavy atom. The molecule has 0 radical (unpaired) electrons. The summed E-state index contributed by atoms with van der Waals surface area (Å²) in [7, 11) is 0. The molecule has 1 N–H and O–H groups in total. The fraction of sp³-hybridized carbons (Fsp3) is 0.600. The molecule has 1 fully saturated rings. The quantitative estimate of drug-likeness (QED) is 0.930. The van der Waals surface area contributed by atoms with Crippen LogP contribution in [0, 0.1) is 6.92 Å². The molecule has 1 aliphatic heterocycles. The molecule has 8 nitrogen and oxygen atoms in total. The zero-order chi connectivity index (χ0) is 16.4. The molecule has 1 saturated heterocycles. The molecule has 8 heteroatoms. The van der Waals surface area contributed by atoms with Crippen molar-refractivity contribution < 1.29 is 13.8 Å². The van der Waals surface area contributed by atoms with Crippen molar-refractivity contribution in [3.63, 3.8) is 0 Å². The smallest absolute Gasteiger partial charge is 0.318 e. The van der Waals surface area contributed by atoms with Crippen LogP contribution in [0.25, 0.3) is 0 Å². The van der Waals surface area contributed by atoms with E-state index >= 15 is 0 Å². The first-order chi connectivity index (χ1) is 11.0. The molecule has 3 rings (SSSR count). The highest BCUT2D eigenvalue weighted by Crippen LogP contribution is 2.32. The van der Waals surface area contributed by atoms with E-state index < -0.39 is 0 Å². The van der Waals surface area contributed by atoms with Crippen LogP contribution in [0.15, 0.2) is 15.1 Å². The maximum atomic E-state index is 12.4. The number of likely N-dealkylation sites (tertiary alicyclic amines) is 1. The Balaban J connectivity index is 1.60. The van der Waals surface area contributed by atoms with Gasteiger partial charge in [0.2, 0.25) is 5.89 Å². The zero-order valence-electron chi connectivity index (χ0n) is 13.6. The molecule has 2 aromatic heterocycles. The lowest BCUT2D eigenvalue weighted by Gasteiger charge is -2.22. The van der Waals surface area contributed by atoms with Gasteiger partial charge in [0, 0.05) is 18.5 Å². The molecule has 1 aliphatic rings. The Labute approximate surface area is 134 Å². The molecule has 2 aromatic rings. The van der Waals surface area contributed by atoms with Gasteiger partial charge >= 0.3 is 6.03 Å². The van der Waals surface area contributed by atoms with E-state index in [0.29, 0.717) is 18.3 Å². The van der Waals surface area contributed by atoms with E-state index in [-0.39, 0.29) is 24.5 Å². The maximum absolute atomic E-state index is 12.4. The average molecular weight is 319 g/mol. The van der Waals surface area contributed by atoms with E-state index in [1.54, 1.807) is 4.90 Å². The Bertz CT molecular complexity index is 678. The van der Waals surface area contributed by atoms with E-state index in [4.69, 9.17) is 9.05 Å². The third kappa shape index (κ3) is 3.35. The monoisotopic (exact) mass is 319 g/mol. The van der Waals surface area contributed by atoms with E-state index in [0.717, 1.165) is 24.3 Å². The van der Waals surface area contributed by atoms with Crippen molar-refractivity contribution in [3.05, 3.63) is 29.2 Å². The number of carbonyl (C=O) groups excluding carboxylic acids is 1. The Morgan fingerprint density at radius 2 is 2.26 bits per heavy atom. The average Bonchev–Trinajstić information content (AvgIpc) is 3.24. The lowest BCUT2D eigenvalue weighted by atomic mass is 10.1. The van der Waals surface area contributed by atoms with Gasteiger partial charge in [0.05, 0.1) is 18.3 Å². The molecule has 3 heterocycles. The summed E-state index contributed by atoms with van der Waals surface area (Å²) >= 11 is 0. The first-order valence-corrected chi connectivity index (χ1v) is 7.84. The van der Waals surface area contributed by atoms with E-state index in [1.165, 1.54) is 0 Å². The lowest BCUT2D eigenvalue weighted by molar-refractivity contribution is 0.181. The molecular weight excluding hydrogens is 298 g/mol. The summed E-state index contributed by atoms with van der Waals surface area (Å²) in [5, 5.41) is 10.6. The van der Waals surface area contributed by atoms with Crippen molar-refractivity contribution in [2.24, 2.45) is 0 Å².